The summed E-state index contributed by atoms with van der Waals surface area (Å²) < 4.78 is 13.7. The van der Waals surface area contributed by atoms with Crippen molar-refractivity contribution in [3.63, 3.8) is 0 Å². The lowest BCUT2D eigenvalue weighted by molar-refractivity contribution is -0.384. The van der Waals surface area contributed by atoms with Crippen LogP contribution in [0, 0.1) is 27.3 Å². The van der Waals surface area contributed by atoms with E-state index in [4.69, 9.17) is 5.26 Å². The Hall–Kier alpha value is -3.01. The molecule has 0 bridgehead atoms. The molecule has 0 atom stereocenters. The van der Waals surface area contributed by atoms with Crippen LogP contribution in [-0.2, 0) is 6.54 Å². The average Bonchev–Trinajstić information content (AvgIpc) is 2.46. The normalized spacial score (nSPS) is 9.80. The van der Waals surface area contributed by atoms with Gasteiger partial charge in [0.2, 0.25) is 5.82 Å². The molecule has 0 spiro atoms. The van der Waals surface area contributed by atoms with Crippen molar-refractivity contribution in [2.45, 2.75) is 6.54 Å². The van der Waals surface area contributed by atoms with E-state index in [0.717, 1.165) is 6.07 Å². The minimum atomic E-state index is -0.565. The van der Waals surface area contributed by atoms with E-state index in [1.165, 1.54) is 30.5 Å². The van der Waals surface area contributed by atoms with Crippen LogP contribution >= 0.6 is 0 Å². The zero-order chi connectivity index (χ0) is 14.5. The second kappa shape index (κ2) is 5.75. The zero-order valence-electron chi connectivity index (χ0n) is 10.2. The molecule has 0 aliphatic rings. The molecule has 7 heteroatoms. The van der Waals surface area contributed by atoms with Gasteiger partial charge in [0, 0.05) is 24.4 Å². The number of halogens is 1. The second-order valence-corrected chi connectivity index (χ2v) is 3.90. The van der Waals surface area contributed by atoms with E-state index in [9.17, 15) is 14.5 Å². The van der Waals surface area contributed by atoms with Crippen LogP contribution in [0.15, 0.2) is 36.5 Å². The quantitative estimate of drug-likeness (QED) is 0.682. The number of hydrogen-bond donors (Lipinski definition) is 1. The molecule has 0 radical (unpaired) electrons. The molecule has 0 saturated heterocycles. The molecule has 100 valence electrons. The molecule has 0 fully saturated rings. The van der Waals surface area contributed by atoms with Gasteiger partial charge in [0.05, 0.1) is 16.6 Å². The summed E-state index contributed by atoms with van der Waals surface area (Å²) in [5, 5.41) is 22.2. The van der Waals surface area contributed by atoms with E-state index in [0.29, 0.717) is 5.56 Å². The number of rotatable bonds is 4. The van der Waals surface area contributed by atoms with Crippen molar-refractivity contribution < 1.29 is 9.31 Å². The van der Waals surface area contributed by atoms with Crippen molar-refractivity contribution in [2.24, 2.45) is 0 Å². The Morgan fingerprint density at radius 1 is 1.45 bits per heavy atom. The molecule has 1 aromatic carbocycles. The number of aromatic nitrogens is 1. The van der Waals surface area contributed by atoms with Gasteiger partial charge >= 0.3 is 5.69 Å². The van der Waals surface area contributed by atoms with Gasteiger partial charge in [0.15, 0.2) is 0 Å². The highest BCUT2D eigenvalue weighted by molar-refractivity contribution is 5.55. The average molecular weight is 272 g/mol. The van der Waals surface area contributed by atoms with E-state index < -0.39 is 10.7 Å². The van der Waals surface area contributed by atoms with E-state index in [-0.39, 0.29) is 23.6 Å². The second-order valence-electron chi connectivity index (χ2n) is 3.90. The fourth-order valence-corrected chi connectivity index (χ4v) is 1.62. The van der Waals surface area contributed by atoms with Crippen molar-refractivity contribution in [1.29, 1.82) is 5.26 Å². The fraction of sp³-hybridized carbons (Fsp3) is 0.0769. The van der Waals surface area contributed by atoms with Crippen LogP contribution in [0.4, 0.5) is 15.9 Å². The summed E-state index contributed by atoms with van der Waals surface area (Å²) in [5.74, 6) is -0.476. The summed E-state index contributed by atoms with van der Waals surface area (Å²) in [6, 6.07) is 8.64. The summed E-state index contributed by atoms with van der Waals surface area (Å²) in [7, 11) is 0. The number of anilines is 1. The molecule has 20 heavy (non-hydrogen) atoms. The van der Waals surface area contributed by atoms with E-state index in [2.05, 4.69) is 10.3 Å². The molecule has 2 rings (SSSR count). The molecule has 0 saturated carbocycles. The number of hydrogen-bond acceptors (Lipinski definition) is 5. The molecule has 0 aliphatic carbocycles. The summed E-state index contributed by atoms with van der Waals surface area (Å²) in [5.41, 5.74) is 0.334. The van der Waals surface area contributed by atoms with Gasteiger partial charge in [-0.2, -0.15) is 5.26 Å². The van der Waals surface area contributed by atoms with Gasteiger partial charge in [-0.25, -0.2) is 9.37 Å². The van der Waals surface area contributed by atoms with Gasteiger partial charge in [-0.05, 0) is 18.2 Å². The van der Waals surface area contributed by atoms with E-state index in [1.54, 1.807) is 0 Å². The zero-order valence-corrected chi connectivity index (χ0v) is 10.2. The Kier molecular flexibility index (Phi) is 3.86. The third-order valence-electron chi connectivity index (χ3n) is 2.61. The monoisotopic (exact) mass is 272 g/mol. The van der Waals surface area contributed by atoms with Gasteiger partial charge < -0.3 is 5.32 Å². The Balaban J connectivity index is 2.18. The maximum Gasteiger partial charge on any atom is 0.311 e. The SMILES string of the molecule is N#Cc1ccc(CNc2ncccc2[N+](=O)[O-])c(F)c1. The first-order valence-corrected chi connectivity index (χ1v) is 5.63. The standard InChI is InChI=1S/C13H9FN4O2/c14-11-6-9(7-15)3-4-10(11)8-17-13-12(18(19)20)2-1-5-16-13/h1-6H,8H2,(H,16,17). The lowest BCUT2D eigenvalue weighted by atomic mass is 10.1. The smallest absolute Gasteiger partial charge is 0.311 e. The number of nitrogens with one attached hydrogen (secondary N) is 1. The van der Waals surface area contributed by atoms with Crippen molar-refractivity contribution >= 4 is 11.5 Å². The highest BCUT2D eigenvalue weighted by atomic mass is 19.1. The lowest BCUT2D eigenvalue weighted by Crippen LogP contribution is -2.06. The van der Waals surface area contributed by atoms with Gasteiger partial charge in [-0.3, -0.25) is 10.1 Å². The molecule has 6 nitrogen and oxygen atoms in total. The highest BCUT2D eigenvalue weighted by Crippen LogP contribution is 2.21. The van der Waals surface area contributed by atoms with Gasteiger partial charge in [-0.15, -0.1) is 0 Å². The van der Waals surface area contributed by atoms with Crippen molar-refractivity contribution in [3.05, 3.63) is 63.6 Å². The number of nitriles is 1. The minimum Gasteiger partial charge on any atom is -0.360 e. The number of nitrogens with zero attached hydrogens (tertiary/aromatic N) is 3. The van der Waals surface area contributed by atoms with Crippen molar-refractivity contribution in [3.8, 4) is 6.07 Å². The Labute approximate surface area is 113 Å². The first kappa shape index (κ1) is 13.4. The highest BCUT2D eigenvalue weighted by Gasteiger charge is 2.14. The summed E-state index contributed by atoms with van der Waals surface area (Å²) in [6.45, 7) is 0.0371. The Bertz CT molecular complexity index is 697. The van der Waals surface area contributed by atoms with Crippen LogP contribution in [0.5, 0.6) is 0 Å². The molecular weight excluding hydrogens is 263 g/mol. The van der Waals surface area contributed by atoms with Crippen LogP contribution < -0.4 is 5.32 Å². The van der Waals surface area contributed by atoms with Gasteiger partial charge in [0.1, 0.15) is 5.82 Å². The minimum absolute atomic E-state index is 0.0371. The third-order valence-corrected chi connectivity index (χ3v) is 2.61. The molecule has 1 heterocycles. The van der Waals surface area contributed by atoms with Crippen LogP contribution in [0.25, 0.3) is 0 Å². The summed E-state index contributed by atoms with van der Waals surface area (Å²) >= 11 is 0. The maximum atomic E-state index is 13.7. The summed E-state index contributed by atoms with van der Waals surface area (Å²) in [6.07, 6.45) is 1.41. The topological polar surface area (TPSA) is 91.8 Å². The van der Waals surface area contributed by atoms with E-state index >= 15 is 0 Å². The molecular formula is C13H9FN4O2. The molecule has 0 aliphatic heterocycles. The molecule has 2 aromatic rings. The predicted molar refractivity (Wildman–Crippen MR) is 69.3 cm³/mol. The van der Waals surface area contributed by atoms with Gasteiger partial charge in [0.25, 0.3) is 0 Å². The number of pyridine rings is 1. The Morgan fingerprint density at radius 2 is 2.25 bits per heavy atom. The van der Waals surface area contributed by atoms with Crippen molar-refractivity contribution in [1.82, 2.24) is 4.98 Å². The molecule has 0 amide bonds. The largest absolute Gasteiger partial charge is 0.360 e. The third kappa shape index (κ3) is 2.87. The summed E-state index contributed by atoms with van der Waals surface area (Å²) in [4.78, 5) is 14.1. The van der Waals surface area contributed by atoms with E-state index in [1.807, 2.05) is 6.07 Å². The first-order valence-electron chi connectivity index (χ1n) is 5.63. The fourth-order valence-electron chi connectivity index (χ4n) is 1.62. The molecule has 0 unspecified atom stereocenters. The van der Waals surface area contributed by atoms with Gasteiger partial charge in [-0.1, -0.05) is 6.07 Å². The predicted octanol–water partition coefficient (Wildman–Crippen LogP) is 2.61. The number of benzene rings is 1. The van der Waals surface area contributed by atoms with Crippen LogP contribution in [-0.4, -0.2) is 9.91 Å². The molecule has 1 aromatic heterocycles. The Morgan fingerprint density at radius 3 is 2.90 bits per heavy atom. The maximum absolute atomic E-state index is 13.7. The van der Waals surface area contributed by atoms with Crippen LogP contribution in [0.2, 0.25) is 0 Å². The van der Waals surface area contributed by atoms with Crippen LogP contribution in [0.1, 0.15) is 11.1 Å². The van der Waals surface area contributed by atoms with Crippen LogP contribution in [0.3, 0.4) is 0 Å². The van der Waals surface area contributed by atoms with Crippen molar-refractivity contribution in [2.75, 3.05) is 5.32 Å². The first-order chi connectivity index (χ1) is 9.61. The lowest BCUT2D eigenvalue weighted by Gasteiger charge is -2.07. The molecule has 1 N–H and O–H groups in total. The number of nitro groups is 1.